The number of anilines is 1. The SMILES string of the molecule is O=CNc1ccc(C[C@@H]2C[C@@H](OCc3cnc4ccccc4c3)CCN2C(=O)c2cc(C(F)(F)F)cc(C(F)(F)F)c2)cc1. The first kappa shape index (κ1) is 31.0. The predicted octanol–water partition coefficient (Wildman–Crippen LogP) is 7.27. The number of aromatic nitrogens is 1. The third-order valence-electron chi connectivity index (χ3n) is 7.55. The van der Waals surface area contributed by atoms with Crippen LogP contribution in [0.15, 0.2) is 79.0 Å². The Hall–Kier alpha value is -4.45. The molecule has 1 aromatic heterocycles. The Kier molecular flexibility index (Phi) is 8.91. The second kappa shape index (κ2) is 12.7. The topological polar surface area (TPSA) is 71.5 Å². The lowest BCUT2D eigenvalue weighted by molar-refractivity contribution is -0.143. The zero-order valence-corrected chi connectivity index (χ0v) is 23.2. The van der Waals surface area contributed by atoms with Gasteiger partial charge in [0.25, 0.3) is 5.91 Å². The number of likely N-dealkylation sites (tertiary alicyclic amines) is 1. The van der Waals surface area contributed by atoms with Crippen LogP contribution in [0.5, 0.6) is 0 Å². The molecule has 0 saturated carbocycles. The summed E-state index contributed by atoms with van der Waals surface area (Å²) in [5.74, 6) is -0.928. The number of benzene rings is 3. The number of ether oxygens (including phenoxy) is 1. The molecule has 2 amide bonds. The van der Waals surface area contributed by atoms with Gasteiger partial charge in [-0.15, -0.1) is 0 Å². The molecule has 230 valence electrons. The van der Waals surface area contributed by atoms with Gasteiger partial charge in [0.2, 0.25) is 6.41 Å². The number of rotatable bonds is 8. The van der Waals surface area contributed by atoms with Gasteiger partial charge in [0.1, 0.15) is 0 Å². The third-order valence-corrected chi connectivity index (χ3v) is 7.55. The predicted molar refractivity (Wildman–Crippen MR) is 151 cm³/mol. The van der Waals surface area contributed by atoms with Gasteiger partial charge in [0, 0.05) is 35.4 Å². The normalized spacial score (nSPS) is 17.5. The van der Waals surface area contributed by atoms with Crippen LogP contribution in [-0.4, -0.2) is 40.9 Å². The third kappa shape index (κ3) is 7.36. The summed E-state index contributed by atoms with van der Waals surface area (Å²) in [7, 11) is 0. The molecule has 2 atom stereocenters. The standard InChI is InChI=1S/C32H27F6N3O3/c33-31(34,35)24-13-23(14-25(15-24)32(36,37)38)30(43)41-10-9-28(16-27(41)12-20-5-7-26(8-6-20)40-19-42)44-18-21-11-22-3-1-2-4-29(22)39-17-21/h1-8,11,13-15,17,19,27-28H,9-10,12,16,18H2,(H,40,42)/t27-,28+/m1/s1. The monoisotopic (exact) mass is 615 g/mol. The molecule has 5 rings (SSSR count). The number of carbonyl (C=O) groups excluding carboxylic acids is 2. The Balaban J connectivity index is 1.39. The van der Waals surface area contributed by atoms with E-state index in [1.165, 1.54) is 4.90 Å². The molecular weight excluding hydrogens is 588 g/mol. The highest BCUT2D eigenvalue weighted by Gasteiger charge is 2.39. The average Bonchev–Trinajstić information content (AvgIpc) is 3.00. The number of hydrogen-bond donors (Lipinski definition) is 1. The second-order valence-corrected chi connectivity index (χ2v) is 10.6. The average molecular weight is 616 g/mol. The van der Waals surface area contributed by atoms with E-state index < -0.39 is 41.0 Å². The van der Waals surface area contributed by atoms with Crippen LogP contribution >= 0.6 is 0 Å². The van der Waals surface area contributed by atoms with Gasteiger partial charge in [-0.1, -0.05) is 30.3 Å². The van der Waals surface area contributed by atoms with Crippen molar-refractivity contribution < 1.29 is 40.7 Å². The van der Waals surface area contributed by atoms with Crippen molar-refractivity contribution in [1.82, 2.24) is 9.88 Å². The summed E-state index contributed by atoms with van der Waals surface area (Å²) in [5.41, 5.74) is -0.830. The molecule has 1 N–H and O–H groups in total. The molecular formula is C32H27F6N3O3. The first-order valence-electron chi connectivity index (χ1n) is 13.8. The van der Waals surface area contributed by atoms with Crippen molar-refractivity contribution in [2.24, 2.45) is 0 Å². The summed E-state index contributed by atoms with van der Waals surface area (Å²) in [5, 5.41) is 3.46. The minimum atomic E-state index is -5.08. The summed E-state index contributed by atoms with van der Waals surface area (Å²) in [6, 6.07) is 16.7. The Morgan fingerprint density at radius 2 is 1.61 bits per heavy atom. The number of piperidine rings is 1. The van der Waals surface area contributed by atoms with Gasteiger partial charge in [0.05, 0.1) is 29.4 Å². The second-order valence-electron chi connectivity index (χ2n) is 10.6. The quantitative estimate of drug-likeness (QED) is 0.167. The number of amides is 2. The van der Waals surface area contributed by atoms with Crippen LogP contribution in [0.2, 0.25) is 0 Å². The first-order valence-corrected chi connectivity index (χ1v) is 13.8. The van der Waals surface area contributed by atoms with Crippen molar-refractivity contribution in [2.75, 3.05) is 11.9 Å². The van der Waals surface area contributed by atoms with Gasteiger partial charge in [-0.25, -0.2) is 0 Å². The van der Waals surface area contributed by atoms with Gasteiger partial charge in [-0.05, 0) is 72.9 Å². The van der Waals surface area contributed by atoms with Gasteiger partial charge in [-0.2, -0.15) is 26.3 Å². The van der Waals surface area contributed by atoms with Gasteiger partial charge >= 0.3 is 12.4 Å². The van der Waals surface area contributed by atoms with Crippen LogP contribution < -0.4 is 5.32 Å². The molecule has 1 saturated heterocycles. The molecule has 1 fully saturated rings. The fourth-order valence-corrected chi connectivity index (χ4v) is 5.36. The number of fused-ring (bicyclic) bond motifs is 1. The minimum absolute atomic E-state index is 0.00486. The molecule has 4 aromatic rings. The van der Waals surface area contributed by atoms with E-state index >= 15 is 0 Å². The van der Waals surface area contributed by atoms with Crippen molar-refractivity contribution in [3.63, 3.8) is 0 Å². The molecule has 6 nitrogen and oxygen atoms in total. The Morgan fingerprint density at radius 3 is 2.27 bits per heavy atom. The van der Waals surface area contributed by atoms with Crippen LogP contribution in [0, 0.1) is 0 Å². The van der Waals surface area contributed by atoms with Gasteiger partial charge < -0.3 is 15.0 Å². The van der Waals surface area contributed by atoms with Crippen molar-refractivity contribution in [1.29, 1.82) is 0 Å². The van der Waals surface area contributed by atoms with Crippen LogP contribution in [0.3, 0.4) is 0 Å². The summed E-state index contributed by atoms with van der Waals surface area (Å²) in [6.07, 6.45) is -7.37. The fraction of sp³-hybridized carbons (Fsp3) is 0.281. The fourth-order valence-electron chi connectivity index (χ4n) is 5.36. The highest BCUT2D eigenvalue weighted by atomic mass is 19.4. The zero-order valence-electron chi connectivity index (χ0n) is 23.2. The molecule has 0 aliphatic carbocycles. The number of carbonyl (C=O) groups is 2. The van der Waals surface area contributed by atoms with E-state index in [4.69, 9.17) is 4.74 Å². The van der Waals surface area contributed by atoms with Crippen LogP contribution in [0.1, 0.15) is 45.5 Å². The number of para-hydroxylation sites is 1. The number of pyridine rings is 1. The van der Waals surface area contributed by atoms with E-state index in [1.54, 1.807) is 30.5 Å². The Bertz CT molecular complexity index is 1610. The van der Waals surface area contributed by atoms with Crippen molar-refractivity contribution in [3.05, 3.63) is 107 Å². The zero-order chi connectivity index (χ0) is 31.5. The lowest BCUT2D eigenvalue weighted by Crippen LogP contribution is -2.49. The molecule has 0 spiro atoms. The highest BCUT2D eigenvalue weighted by molar-refractivity contribution is 5.95. The molecule has 12 heteroatoms. The van der Waals surface area contributed by atoms with Crippen LogP contribution in [0.4, 0.5) is 32.0 Å². The number of nitrogens with zero attached hydrogens (tertiary/aromatic N) is 2. The highest BCUT2D eigenvalue weighted by Crippen LogP contribution is 2.37. The van der Waals surface area contributed by atoms with E-state index in [2.05, 4.69) is 10.3 Å². The number of nitrogens with one attached hydrogen (secondary N) is 1. The molecule has 0 unspecified atom stereocenters. The van der Waals surface area contributed by atoms with Crippen LogP contribution in [-0.2, 0) is 34.9 Å². The van der Waals surface area contributed by atoms with Gasteiger partial charge in [0.15, 0.2) is 0 Å². The molecule has 2 heterocycles. The summed E-state index contributed by atoms with van der Waals surface area (Å²) in [6.45, 7) is 0.296. The van der Waals surface area contributed by atoms with Crippen molar-refractivity contribution in [2.45, 2.75) is 50.4 Å². The van der Waals surface area contributed by atoms with E-state index in [9.17, 15) is 35.9 Å². The molecule has 3 aromatic carbocycles. The minimum Gasteiger partial charge on any atom is -0.373 e. The van der Waals surface area contributed by atoms with E-state index in [0.717, 1.165) is 22.0 Å². The maximum Gasteiger partial charge on any atom is 0.416 e. The largest absolute Gasteiger partial charge is 0.416 e. The molecule has 0 bridgehead atoms. The van der Waals surface area contributed by atoms with E-state index in [-0.39, 0.29) is 31.7 Å². The molecule has 44 heavy (non-hydrogen) atoms. The number of hydrogen-bond acceptors (Lipinski definition) is 4. The Morgan fingerprint density at radius 1 is 0.932 bits per heavy atom. The number of alkyl halides is 6. The van der Waals surface area contributed by atoms with E-state index in [0.29, 0.717) is 37.1 Å². The molecule has 0 radical (unpaired) electrons. The van der Waals surface area contributed by atoms with Crippen molar-refractivity contribution in [3.8, 4) is 0 Å². The maximum absolute atomic E-state index is 13.6. The molecule has 1 aliphatic rings. The summed E-state index contributed by atoms with van der Waals surface area (Å²) >= 11 is 0. The Labute approximate surface area is 248 Å². The summed E-state index contributed by atoms with van der Waals surface area (Å²) in [4.78, 5) is 30.1. The summed E-state index contributed by atoms with van der Waals surface area (Å²) < 4.78 is 87.3. The smallest absolute Gasteiger partial charge is 0.373 e. The molecule has 1 aliphatic heterocycles. The van der Waals surface area contributed by atoms with Gasteiger partial charge in [-0.3, -0.25) is 14.6 Å². The lowest BCUT2D eigenvalue weighted by atomic mass is 9.92. The van der Waals surface area contributed by atoms with Crippen LogP contribution in [0.25, 0.3) is 10.9 Å². The first-order chi connectivity index (χ1) is 20.9. The number of halogens is 6. The van der Waals surface area contributed by atoms with Crippen molar-refractivity contribution >= 4 is 28.9 Å². The maximum atomic E-state index is 13.6. The van der Waals surface area contributed by atoms with E-state index in [1.807, 2.05) is 30.3 Å². The lowest BCUT2D eigenvalue weighted by Gasteiger charge is -2.40.